The van der Waals surface area contributed by atoms with Crippen LogP contribution >= 0.6 is 23.5 Å². The van der Waals surface area contributed by atoms with Crippen molar-refractivity contribution in [2.45, 2.75) is 126 Å². The highest BCUT2D eigenvalue weighted by Crippen LogP contribution is 2.40. The van der Waals surface area contributed by atoms with Gasteiger partial charge in [-0.05, 0) is 197 Å². The fraction of sp³-hybridized carbons (Fsp3) is 0.222. The highest BCUT2D eigenvalue weighted by atomic mass is 32.2. The molecule has 0 saturated heterocycles. The van der Waals surface area contributed by atoms with Gasteiger partial charge in [0.15, 0.2) is 17.3 Å². The first-order valence-corrected chi connectivity index (χ1v) is 38.2. The van der Waals surface area contributed by atoms with Gasteiger partial charge < -0.3 is 34.2 Å². The molecule has 0 aliphatic carbocycles. The van der Waals surface area contributed by atoms with E-state index in [2.05, 4.69) is 65.6 Å². The van der Waals surface area contributed by atoms with Gasteiger partial charge >= 0.3 is 0 Å². The molecule has 2 N–H and O–H groups in total. The summed E-state index contributed by atoms with van der Waals surface area (Å²) < 4.78 is 11.6. The number of nitrogens with zero attached hydrogens (tertiary/aromatic N) is 5. The summed E-state index contributed by atoms with van der Waals surface area (Å²) in [4.78, 5) is 95.3. The number of hydrogen-bond acceptors (Lipinski definition) is 12. The van der Waals surface area contributed by atoms with Gasteiger partial charge in [-0.15, -0.1) is 0 Å². The molecule has 107 heavy (non-hydrogen) atoms. The molecule has 0 bridgehead atoms. The van der Waals surface area contributed by atoms with Gasteiger partial charge in [0.25, 0.3) is 29.5 Å². The second-order valence-electron chi connectivity index (χ2n) is 26.8. The SMILES string of the molecule is CCC(Cc1ccccc1)NC(=O)c1ccc2c(c1)CC(=O)c1ccccc1S2.CCCCN(CC)C(=O)c1cc2cc3ccc(C)cc3nc2o1.CCCN(C(=O)c1cc2cc3ccc(C)cc3nc2o1)c1cccc(C)c1.CCN(Cc1ccccc1)C(=O)c1ccc2c(c1)NC(=O)c1ccccc1S2. The lowest BCUT2D eigenvalue weighted by molar-refractivity contribution is 0.0730. The molecule has 0 radical (unpaired) electrons. The van der Waals surface area contributed by atoms with Crippen molar-refractivity contribution in [3.8, 4) is 0 Å². The number of pyridine rings is 2. The number of anilines is 2. The molecule has 2 aliphatic rings. The van der Waals surface area contributed by atoms with Crippen LogP contribution in [0, 0.1) is 20.8 Å². The van der Waals surface area contributed by atoms with Crippen molar-refractivity contribution < 1.29 is 37.6 Å². The summed E-state index contributed by atoms with van der Waals surface area (Å²) in [6.07, 6.45) is 4.91. The highest BCUT2D eigenvalue weighted by molar-refractivity contribution is 7.99. The summed E-state index contributed by atoms with van der Waals surface area (Å²) in [7, 11) is 0. The zero-order valence-electron chi connectivity index (χ0n) is 61.6. The number of rotatable bonds is 18. The minimum absolute atomic E-state index is 0.0461. The van der Waals surface area contributed by atoms with Gasteiger partial charge in [0.2, 0.25) is 11.4 Å². The predicted octanol–water partition coefficient (Wildman–Crippen LogP) is 20.6. The first kappa shape index (κ1) is 75.3. The normalized spacial score (nSPS) is 12.2. The van der Waals surface area contributed by atoms with E-state index < -0.39 is 0 Å². The summed E-state index contributed by atoms with van der Waals surface area (Å²) in [6.45, 7) is 19.6. The Hall–Kier alpha value is -11.4. The van der Waals surface area contributed by atoms with Crippen LogP contribution in [0.4, 0.5) is 11.4 Å². The molecule has 15 nitrogen and oxygen atoms in total. The molecule has 5 amide bonds. The zero-order chi connectivity index (χ0) is 75.1. The standard InChI is InChI=1S/C25H23NO2S.C23H20N2O2S.C23H22N2O2.C19H22N2O2/c1-2-20(14-17-8-4-3-5-9-17)26-25(28)18-12-13-23-19(15-18)16-22(27)21-10-6-7-11-24(21)29-23;1-2-25(15-16-8-4-3-5-9-16)23(27)17-12-13-21-19(14-17)24-22(26)18-10-6-7-11-20(18)28-21;1-4-10-25(19-7-5-6-15(2)11-19)23(26)21-14-18-13-17-9-8-16(3)12-20(17)24-22(18)27-21;1-4-6-9-21(5-2)19(22)17-12-15-11-14-8-7-13(3)10-16(14)20-18(15)23-17/h3-13,15,20H,2,14,16H2,1H3,(H,26,28);3-14H,2,15H2,1H3,(H,24,26);5-9,11-14H,4,10H2,1-3H3;7-8,10-12H,4-6,9H2,1-3H3. The zero-order valence-corrected chi connectivity index (χ0v) is 63.2. The lowest BCUT2D eigenvalue weighted by Crippen LogP contribution is -2.36. The van der Waals surface area contributed by atoms with E-state index >= 15 is 0 Å². The summed E-state index contributed by atoms with van der Waals surface area (Å²) in [6, 6.07) is 74.5. The molecule has 6 heterocycles. The number of aryl methyl sites for hydroxylation is 3. The summed E-state index contributed by atoms with van der Waals surface area (Å²) in [5.41, 5.74) is 13.6. The maximum absolute atomic E-state index is 13.2. The highest BCUT2D eigenvalue weighted by Gasteiger charge is 2.27. The second-order valence-corrected chi connectivity index (χ2v) is 28.9. The van der Waals surface area contributed by atoms with Crippen LogP contribution in [-0.2, 0) is 19.4 Å². The lowest BCUT2D eigenvalue weighted by atomic mass is 10.0. The first-order valence-electron chi connectivity index (χ1n) is 36.6. The van der Waals surface area contributed by atoms with Crippen LogP contribution in [0.25, 0.3) is 44.0 Å². The molecule has 1 atom stereocenters. The predicted molar refractivity (Wildman–Crippen MR) is 431 cm³/mol. The average molecular weight is 1460 g/mol. The molecule has 0 saturated carbocycles. The first-order chi connectivity index (χ1) is 52.0. The van der Waals surface area contributed by atoms with Crippen LogP contribution < -0.4 is 15.5 Å². The number of ketones is 1. The van der Waals surface area contributed by atoms with Crippen molar-refractivity contribution in [1.82, 2.24) is 25.1 Å². The molecule has 13 aromatic rings. The smallest absolute Gasteiger partial charge is 0.294 e. The number of unbranched alkanes of at least 4 members (excludes halogenated alkanes) is 1. The quantitative estimate of drug-likeness (QED) is 0.0828. The number of amides is 5. The van der Waals surface area contributed by atoms with Crippen LogP contribution in [0.2, 0.25) is 0 Å². The van der Waals surface area contributed by atoms with Gasteiger partial charge in [-0.25, -0.2) is 9.97 Å². The Bertz CT molecular complexity index is 5410. The van der Waals surface area contributed by atoms with Crippen LogP contribution in [0.3, 0.4) is 0 Å². The van der Waals surface area contributed by atoms with Crippen molar-refractivity contribution in [1.29, 1.82) is 0 Å². The van der Waals surface area contributed by atoms with Gasteiger partial charge in [0, 0.05) is 109 Å². The molecule has 15 rings (SSSR count). The summed E-state index contributed by atoms with van der Waals surface area (Å²) >= 11 is 3.13. The molecule has 542 valence electrons. The number of Topliss-reactive ketones (excluding diaryl/α,β-unsaturated/α-hetero) is 1. The fourth-order valence-electron chi connectivity index (χ4n) is 12.9. The van der Waals surface area contributed by atoms with Crippen molar-refractivity contribution >= 4 is 114 Å². The Kier molecular flexibility index (Phi) is 24.7. The number of carbonyl (C=O) groups is 6. The van der Waals surface area contributed by atoms with Crippen LogP contribution in [0.5, 0.6) is 0 Å². The molecule has 0 spiro atoms. The number of aromatic nitrogens is 2. The number of nitrogens with one attached hydrogen (secondary N) is 2. The largest absolute Gasteiger partial charge is 0.433 e. The number of fused-ring (bicyclic) bond motifs is 8. The minimum Gasteiger partial charge on any atom is -0.433 e. The van der Waals surface area contributed by atoms with E-state index in [0.717, 1.165) is 130 Å². The summed E-state index contributed by atoms with van der Waals surface area (Å²) in [5.74, 6) is 0.310. The number of carbonyl (C=O) groups excluding carboxylic acids is 6. The fourth-order valence-corrected chi connectivity index (χ4v) is 15.0. The second kappa shape index (κ2) is 35.1. The Balaban J connectivity index is 0.000000134. The van der Waals surface area contributed by atoms with Gasteiger partial charge in [-0.3, -0.25) is 28.8 Å². The minimum atomic E-state index is -0.150. The van der Waals surface area contributed by atoms with Crippen LogP contribution in [0.15, 0.2) is 259 Å². The van der Waals surface area contributed by atoms with E-state index in [1.165, 1.54) is 17.3 Å². The van der Waals surface area contributed by atoms with Crippen LogP contribution in [-0.4, -0.2) is 87.3 Å². The van der Waals surface area contributed by atoms with Crippen molar-refractivity contribution in [3.63, 3.8) is 0 Å². The molecule has 17 heteroatoms. The molecule has 9 aromatic carbocycles. The van der Waals surface area contributed by atoms with Gasteiger partial charge in [-0.2, -0.15) is 0 Å². The maximum atomic E-state index is 13.2. The third kappa shape index (κ3) is 18.5. The molecule has 0 fully saturated rings. The third-order valence-electron chi connectivity index (χ3n) is 18.7. The molecule has 1 unspecified atom stereocenters. The summed E-state index contributed by atoms with van der Waals surface area (Å²) in [5, 5.41) is 9.91. The van der Waals surface area contributed by atoms with Gasteiger partial charge in [0.05, 0.1) is 22.3 Å². The van der Waals surface area contributed by atoms with E-state index in [9.17, 15) is 28.8 Å². The van der Waals surface area contributed by atoms with E-state index in [0.29, 0.717) is 77.9 Å². The molecule has 2 aliphatic heterocycles. The van der Waals surface area contributed by atoms with Crippen molar-refractivity contribution in [3.05, 3.63) is 298 Å². The van der Waals surface area contributed by atoms with E-state index in [1.807, 2.05) is 228 Å². The number of benzene rings is 9. The Morgan fingerprint density at radius 2 is 1.07 bits per heavy atom. The Morgan fingerprint density at radius 1 is 0.495 bits per heavy atom. The molecule has 4 aromatic heterocycles. The molecular weight excluding hydrogens is 1370 g/mol. The number of hydrogen-bond donors (Lipinski definition) is 2. The van der Waals surface area contributed by atoms with E-state index in [4.69, 9.17) is 8.83 Å². The Labute approximate surface area is 633 Å². The maximum Gasteiger partial charge on any atom is 0.294 e. The van der Waals surface area contributed by atoms with Crippen molar-refractivity contribution in [2.24, 2.45) is 0 Å². The lowest BCUT2D eigenvalue weighted by Gasteiger charge is -2.21. The van der Waals surface area contributed by atoms with E-state index in [1.54, 1.807) is 39.8 Å². The topological polar surface area (TPSA) is 188 Å². The Morgan fingerprint density at radius 3 is 1.68 bits per heavy atom. The van der Waals surface area contributed by atoms with Gasteiger partial charge in [-0.1, -0.05) is 178 Å². The van der Waals surface area contributed by atoms with E-state index in [-0.39, 0.29) is 41.4 Å². The van der Waals surface area contributed by atoms with Crippen molar-refractivity contribution in [2.75, 3.05) is 36.4 Å². The molecular formula is C90H87N7O8S2. The van der Waals surface area contributed by atoms with Crippen LogP contribution in [0.1, 0.15) is 156 Å². The monoisotopic (exact) mass is 1460 g/mol. The van der Waals surface area contributed by atoms with Gasteiger partial charge in [0.1, 0.15) is 0 Å². The number of furan rings is 2. The third-order valence-corrected chi connectivity index (χ3v) is 21.1. The average Bonchev–Trinajstić information content (AvgIpc) is 1.66.